The second-order valence-corrected chi connectivity index (χ2v) is 8.11. The number of imidazole rings is 1. The van der Waals surface area contributed by atoms with Crippen LogP contribution in [-0.2, 0) is 13.1 Å². The highest BCUT2D eigenvalue weighted by Crippen LogP contribution is 2.30. The van der Waals surface area contributed by atoms with Crippen LogP contribution in [0.4, 0.5) is 9.18 Å². The number of nitrogens with zero attached hydrogens (tertiary/aromatic N) is 3. The van der Waals surface area contributed by atoms with Crippen LogP contribution in [0.1, 0.15) is 45.0 Å². The number of amides is 2. The van der Waals surface area contributed by atoms with Gasteiger partial charge >= 0.3 is 6.03 Å². The van der Waals surface area contributed by atoms with Crippen LogP contribution in [0.25, 0.3) is 0 Å². The third-order valence-corrected chi connectivity index (χ3v) is 4.32. The predicted octanol–water partition coefficient (Wildman–Crippen LogP) is 3.79. The van der Waals surface area contributed by atoms with E-state index in [9.17, 15) is 9.18 Å². The van der Waals surface area contributed by atoms with Crippen molar-refractivity contribution in [1.29, 1.82) is 0 Å². The molecule has 1 fully saturated rings. The maximum atomic E-state index is 13.4. The van der Waals surface area contributed by atoms with Crippen molar-refractivity contribution in [2.75, 3.05) is 6.54 Å². The minimum Gasteiger partial charge on any atom is -0.333 e. The van der Waals surface area contributed by atoms with Crippen LogP contribution in [0.2, 0.25) is 0 Å². The molecule has 2 aromatic rings. The van der Waals surface area contributed by atoms with Gasteiger partial charge in [-0.3, -0.25) is 0 Å². The van der Waals surface area contributed by atoms with Crippen LogP contribution in [0, 0.1) is 11.7 Å². The maximum absolute atomic E-state index is 13.4. The Morgan fingerprint density at radius 2 is 2.15 bits per heavy atom. The number of halogens is 1. The van der Waals surface area contributed by atoms with Crippen LogP contribution in [0.3, 0.4) is 0 Å². The number of carbonyl (C=O) groups is 1. The lowest BCUT2D eigenvalue weighted by Gasteiger charge is -2.28. The highest BCUT2D eigenvalue weighted by atomic mass is 19.1. The standard InChI is InChI=1S/C20H27FN4O/c1-20(2,3)23-19(26)25(12-15-7-8-15)14-18-22-9-10-24(18)13-16-5-4-6-17(21)11-16/h4-6,9-11,15H,7-8,12-14H2,1-3H3,(H,23,26). The topological polar surface area (TPSA) is 50.2 Å². The Labute approximate surface area is 154 Å². The van der Waals surface area contributed by atoms with Gasteiger partial charge in [0.15, 0.2) is 0 Å². The van der Waals surface area contributed by atoms with Crippen molar-refractivity contribution in [1.82, 2.24) is 19.8 Å². The van der Waals surface area contributed by atoms with Gasteiger partial charge in [0, 0.05) is 31.0 Å². The van der Waals surface area contributed by atoms with E-state index in [1.165, 1.54) is 25.0 Å². The van der Waals surface area contributed by atoms with Crippen molar-refractivity contribution in [2.45, 2.75) is 52.2 Å². The molecule has 140 valence electrons. The number of carbonyl (C=O) groups excluding carboxylic acids is 1. The van der Waals surface area contributed by atoms with E-state index < -0.39 is 0 Å². The molecule has 26 heavy (non-hydrogen) atoms. The van der Waals surface area contributed by atoms with Gasteiger partial charge in [-0.05, 0) is 57.2 Å². The van der Waals surface area contributed by atoms with Crippen molar-refractivity contribution >= 4 is 6.03 Å². The molecule has 1 saturated carbocycles. The molecule has 1 aliphatic carbocycles. The molecule has 0 unspecified atom stereocenters. The molecule has 0 spiro atoms. The second kappa shape index (κ2) is 7.48. The van der Waals surface area contributed by atoms with Crippen molar-refractivity contribution in [3.05, 3.63) is 53.9 Å². The average Bonchev–Trinajstić information content (AvgIpc) is 3.25. The van der Waals surface area contributed by atoms with Crippen LogP contribution < -0.4 is 5.32 Å². The summed E-state index contributed by atoms with van der Waals surface area (Å²) in [6.07, 6.45) is 5.96. The normalized spacial score (nSPS) is 14.3. The maximum Gasteiger partial charge on any atom is 0.318 e. The molecule has 0 saturated heterocycles. The molecular formula is C20H27FN4O. The van der Waals surface area contributed by atoms with Crippen molar-refractivity contribution in [3.8, 4) is 0 Å². The van der Waals surface area contributed by atoms with Gasteiger partial charge in [-0.2, -0.15) is 0 Å². The van der Waals surface area contributed by atoms with Gasteiger partial charge in [-0.1, -0.05) is 12.1 Å². The predicted molar refractivity (Wildman–Crippen MR) is 99.1 cm³/mol. The fourth-order valence-corrected chi connectivity index (χ4v) is 2.87. The molecule has 0 atom stereocenters. The molecule has 1 heterocycles. The summed E-state index contributed by atoms with van der Waals surface area (Å²) in [7, 11) is 0. The Hall–Kier alpha value is -2.37. The molecule has 1 aliphatic rings. The Morgan fingerprint density at radius 3 is 2.81 bits per heavy atom. The number of benzene rings is 1. The number of urea groups is 1. The lowest BCUT2D eigenvalue weighted by Crippen LogP contribution is -2.49. The second-order valence-electron chi connectivity index (χ2n) is 8.11. The largest absolute Gasteiger partial charge is 0.333 e. The van der Waals surface area contributed by atoms with Crippen molar-refractivity contribution < 1.29 is 9.18 Å². The molecule has 3 rings (SSSR count). The van der Waals surface area contributed by atoms with E-state index >= 15 is 0 Å². The number of hydrogen-bond acceptors (Lipinski definition) is 2. The van der Waals surface area contributed by atoms with Gasteiger partial charge in [0.25, 0.3) is 0 Å². The fraction of sp³-hybridized carbons (Fsp3) is 0.500. The van der Waals surface area contributed by atoms with E-state index in [2.05, 4.69) is 10.3 Å². The number of nitrogens with one attached hydrogen (secondary N) is 1. The zero-order valence-corrected chi connectivity index (χ0v) is 15.7. The molecule has 0 bridgehead atoms. The molecule has 0 aliphatic heterocycles. The third-order valence-electron chi connectivity index (χ3n) is 4.32. The van der Waals surface area contributed by atoms with Gasteiger partial charge in [0.1, 0.15) is 11.6 Å². The van der Waals surface area contributed by atoms with Gasteiger partial charge in [0.2, 0.25) is 0 Å². The first-order valence-corrected chi connectivity index (χ1v) is 9.12. The van der Waals surface area contributed by atoms with Crippen molar-refractivity contribution in [2.24, 2.45) is 5.92 Å². The van der Waals surface area contributed by atoms with Crippen LogP contribution in [-0.4, -0.2) is 32.6 Å². The molecule has 5 nitrogen and oxygen atoms in total. The molecule has 6 heteroatoms. The monoisotopic (exact) mass is 358 g/mol. The van der Waals surface area contributed by atoms with Gasteiger partial charge in [-0.25, -0.2) is 14.2 Å². The Bertz CT molecular complexity index is 761. The van der Waals surface area contributed by atoms with E-state index in [4.69, 9.17) is 0 Å². The summed E-state index contributed by atoms with van der Waals surface area (Å²) in [5.74, 6) is 1.15. The first-order chi connectivity index (χ1) is 12.3. The van der Waals surface area contributed by atoms with E-state index in [0.29, 0.717) is 19.0 Å². The molecule has 1 N–H and O–H groups in total. The molecular weight excluding hydrogens is 331 g/mol. The Balaban J connectivity index is 1.72. The third kappa shape index (κ3) is 5.31. The zero-order valence-electron chi connectivity index (χ0n) is 15.7. The minimum atomic E-state index is -0.282. The average molecular weight is 358 g/mol. The summed E-state index contributed by atoms with van der Waals surface area (Å²) < 4.78 is 15.4. The smallest absolute Gasteiger partial charge is 0.318 e. The highest BCUT2D eigenvalue weighted by molar-refractivity contribution is 5.74. The Morgan fingerprint density at radius 1 is 1.38 bits per heavy atom. The first-order valence-electron chi connectivity index (χ1n) is 9.12. The summed E-state index contributed by atoms with van der Waals surface area (Å²) in [6.45, 7) is 7.65. The molecule has 1 aromatic heterocycles. The summed E-state index contributed by atoms with van der Waals surface area (Å²) in [5, 5.41) is 3.04. The summed E-state index contributed by atoms with van der Waals surface area (Å²) in [4.78, 5) is 19.0. The zero-order chi connectivity index (χ0) is 18.7. The van der Waals surface area contributed by atoms with E-state index in [1.54, 1.807) is 12.3 Å². The fourth-order valence-electron chi connectivity index (χ4n) is 2.87. The van der Waals surface area contributed by atoms with Crippen molar-refractivity contribution in [3.63, 3.8) is 0 Å². The van der Waals surface area contributed by atoms with E-state index in [-0.39, 0.29) is 17.4 Å². The SMILES string of the molecule is CC(C)(C)NC(=O)N(Cc1nccn1Cc1cccc(F)c1)CC1CC1. The molecule has 1 aromatic carbocycles. The summed E-state index contributed by atoms with van der Waals surface area (Å²) in [6, 6.07) is 6.49. The lowest BCUT2D eigenvalue weighted by molar-refractivity contribution is 0.181. The first kappa shape index (κ1) is 18.4. The molecule has 0 radical (unpaired) electrons. The number of rotatable bonds is 6. The summed E-state index contributed by atoms with van der Waals surface area (Å²) >= 11 is 0. The quantitative estimate of drug-likeness (QED) is 0.854. The van der Waals surface area contributed by atoms with Crippen LogP contribution >= 0.6 is 0 Å². The van der Waals surface area contributed by atoms with E-state index in [0.717, 1.165) is 17.9 Å². The number of aromatic nitrogens is 2. The van der Waals surface area contributed by atoms with Gasteiger partial charge < -0.3 is 14.8 Å². The van der Waals surface area contributed by atoms with E-state index in [1.807, 2.05) is 42.5 Å². The summed E-state index contributed by atoms with van der Waals surface area (Å²) in [5.41, 5.74) is 0.590. The van der Waals surface area contributed by atoms with Gasteiger partial charge in [0.05, 0.1) is 6.54 Å². The van der Waals surface area contributed by atoms with Crippen LogP contribution in [0.15, 0.2) is 36.7 Å². The van der Waals surface area contributed by atoms with Crippen LogP contribution in [0.5, 0.6) is 0 Å². The molecule has 2 amide bonds. The number of hydrogen-bond donors (Lipinski definition) is 1. The Kier molecular flexibility index (Phi) is 5.30. The van der Waals surface area contributed by atoms with Gasteiger partial charge in [-0.15, -0.1) is 0 Å². The minimum absolute atomic E-state index is 0.0651. The lowest BCUT2D eigenvalue weighted by atomic mass is 10.1. The highest BCUT2D eigenvalue weighted by Gasteiger charge is 2.29.